The van der Waals surface area contributed by atoms with E-state index in [0.717, 1.165) is 4.80 Å². The molecule has 25 heavy (non-hydrogen) atoms. The first-order chi connectivity index (χ1) is 12.0. The van der Waals surface area contributed by atoms with E-state index in [1.807, 2.05) is 0 Å². The molecule has 0 spiro atoms. The van der Waals surface area contributed by atoms with Gasteiger partial charge in [-0.1, -0.05) is 0 Å². The normalized spacial score (nSPS) is 10.5. The number of rotatable bonds is 5. The maximum absolute atomic E-state index is 12.3. The molecule has 2 amide bonds. The van der Waals surface area contributed by atoms with Gasteiger partial charge in [0, 0.05) is 18.9 Å². The van der Waals surface area contributed by atoms with Crippen molar-refractivity contribution in [1.29, 1.82) is 0 Å². The summed E-state index contributed by atoms with van der Waals surface area (Å²) >= 11 is 0. The molecule has 0 aliphatic rings. The van der Waals surface area contributed by atoms with E-state index in [2.05, 4.69) is 25.8 Å². The van der Waals surface area contributed by atoms with Crippen molar-refractivity contribution in [2.24, 2.45) is 12.8 Å². The lowest BCUT2D eigenvalue weighted by atomic mass is 10.2. The van der Waals surface area contributed by atoms with E-state index < -0.39 is 5.91 Å². The lowest BCUT2D eigenvalue weighted by Crippen LogP contribution is -2.13. The molecule has 0 fully saturated rings. The Kier molecular flexibility index (Phi) is 4.12. The SMILES string of the molecule is COc1nn(C)cc1C(=O)Nc1ccc(-n2nnc(C(N)=O)n2)cc1. The highest BCUT2D eigenvalue weighted by Crippen LogP contribution is 2.18. The summed E-state index contributed by atoms with van der Waals surface area (Å²) in [6.07, 6.45) is 1.56. The van der Waals surface area contributed by atoms with Crippen molar-refractivity contribution in [3.63, 3.8) is 0 Å². The Balaban J connectivity index is 1.75. The number of benzene rings is 1. The number of ether oxygens (including phenoxy) is 1. The largest absolute Gasteiger partial charge is 0.479 e. The zero-order chi connectivity index (χ0) is 18.0. The summed E-state index contributed by atoms with van der Waals surface area (Å²) in [5.74, 6) is -1.06. The van der Waals surface area contributed by atoms with Crippen molar-refractivity contribution in [3.05, 3.63) is 41.9 Å². The number of tetrazole rings is 1. The minimum absolute atomic E-state index is 0.180. The van der Waals surface area contributed by atoms with E-state index >= 15 is 0 Å². The summed E-state index contributed by atoms with van der Waals surface area (Å²) in [5, 5.41) is 17.9. The number of carbonyl (C=O) groups excluding carboxylic acids is 2. The van der Waals surface area contributed by atoms with Crippen LogP contribution in [0.25, 0.3) is 5.69 Å². The lowest BCUT2D eigenvalue weighted by Gasteiger charge is -2.05. The molecule has 11 nitrogen and oxygen atoms in total. The van der Waals surface area contributed by atoms with Crippen molar-refractivity contribution in [1.82, 2.24) is 30.0 Å². The maximum Gasteiger partial charge on any atom is 0.290 e. The van der Waals surface area contributed by atoms with Gasteiger partial charge >= 0.3 is 0 Å². The zero-order valence-corrected chi connectivity index (χ0v) is 13.4. The molecule has 2 heterocycles. The van der Waals surface area contributed by atoms with Crippen molar-refractivity contribution in [2.75, 3.05) is 12.4 Å². The van der Waals surface area contributed by atoms with Gasteiger partial charge in [0.05, 0.1) is 12.8 Å². The van der Waals surface area contributed by atoms with Crippen LogP contribution in [0, 0.1) is 0 Å². The fraction of sp³-hybridized carbons (Fsp3) is 0.143. The molecule has 0 atom stereocenters. The molecule has 0 saturated heterocycles. The van der Waals surface area contributed by atoms with Gasteiger partial charge in [0.25, 0.3) is 17.6 Å². The summed E-state index contributed by atoms with van der Waals surface area (Å²) in [4.78, 5) is 24.5. The van der Waals surface area contributed by atoms with E-state index in [-0.39, 0.29) is 17.6 Å². The fourth-order valence-electron chi connectivity index (χ4n) is 2.07. The summed E-state index contributed by atoms with van der Waals surface area (Å²) in [7, 11) is 3.14. The van der Waals surface area contributed by atoms with Crippen LogP contribution in [0.1, 0.15) is 21.0 Å². The molecule has 11 heteroatoms. The standard InChI is InChI=1S/C14H14N8O3/c1-21-7-10(14(19-21)25-2)13(24)16-8-3-5-9(6-4-8)22-18-12(11(15)23)17-20-22/h3-7H,1-2H3,(H2,15,23)(H,16,24). The molecule has 2 aromatic heterocycles. The Morgan fingerprint density at radius 3 is 2.52 bits per heavy atom. The van der Waals surface area contributed by atoms with Crippen LogP contribution in [0.2, 0.25) is 0 Å². The predicted molar refractivity (Wildman–Crippen MR) is 85.4 cm³/mol. The van der Waals surface area contributed by atoms with Crippen LogP contribution in [0.15, 0.2) is 30.5 Å². The van der Waals surface area contributed by atoms with Gasteiger partial charge in [-0.2, -0.15) is 0 Å². The summed E-state index contributed by atoms with van der Waals surface area (Å²) in [6.45, 7) is 0. The van der Waals surface area contributed by atoms with Gasteiger partial charge in [-0.25, -0.2) is 0 Å². The topological polar surface area (TPSA) is 143 Å². The third-order valence-electron chi connectivity index (χ3n) is 3.22. The van der Waals surface area contributed by atoms with Crippen molar-refractivity contribution >= 4 is 17.5 Å². The van der Waals surface area contributed by atoms with E-state index in [4.69, 9.17) is 10.5 Å². The van der Waals surface area contributed by atoms with Crippen molar-refractivity contribution in [3.8, 4) is 11.6 Å². The van der Waals surface area contributed by atoms with Crippen LogP contribution in [0.4, 0.5) is 5.69 Å². The molecule has 3 N–H and O–H groups in total. The van der Waals surface area contributed by atoms with Gasteiger partial charge < -0.3 is 15.8 Å². The second-order valence-electron chi connectivity index (χ2n) is 4.99. The van der Waals surface area contributed by atoms with Gasteiger partial charge in [0.1, 0.15) is 5.56 Å². The molecule has 3 rings (SSSR count). The van der Waals surface area contributed by atoms with Gasteiger partial charge in [0.15, 0.2) is 0 Å². The minimum atomic E-state index is -0.763. The number of aromatic nitrogens is 6. The Morgan fingerprint density at radius 2 is 1.92 bits per heavy atom. The number of anilines is 1. The van der Waals surface area contributed by atoms with Crippen LogP contribution in [0.5, 0.6) is 5.88 Å². The number of methoxy groups -OCH3 is 1. The van der Waals surface area contributed by atoms with Crippen LogP contribution < -0.4 is 15.8 Å². The first-order valence-corrected chi connectivity index (χ1v) is 7.07. The molecular formula is C14H14N8O3. The molecule has 0 aliphatic carbocycles. The number of carbonyl (C=O) groups is 2. The maximum atomic E-state index is 12.3. The third kappa shape index (κ3) is 3.29. The molecule has 128 valence electrons. The number of nitrogens with one attached hydrogen (secondary N) is 1. The Hall–Kier alpha value is -3.76. The molecule has 1 aromatic carbocycles. The first-order valence-electron chi connectivity index (χ1n) is 7.07. The number of hydrogen-bond acceptors (Lipinski definition) is 7. The molecule has 0 bridgehead atoms. The number of nitrogens with zero attached hydrogens (tertiary/aromatic N) is 6. The van der Waals surface area contributed by atoms with Crippen LogP contribution in [0.3, 0.4) is 0 Å². The smallest absolute Gasteiger partial charge is 0.290 e. The fourth-order valence-corrected chi connectivity index (χ4v) is 2.07. The number of aryl methyl sites for hydroxylation is 1. The Morgan fingerprint density at radius 1 is 1.20 bits per heavy atom. The van der Waals surface area contributed by atoms with E-state index in [0.29, 0.717) is 16.9 Å². The second-order valence-corrected chi connectivity index (χ2v) is 4.99. The molecule has 0 radical (unpaired) electrons. The van der Waals surface area contributed by atoms with Gasteiger partial charge in [0.2, 0.25) is 5.88 Å². The summed E-state index contributed by atoms with van der Waals surface area (Å²) < 4.78 is 6.56. The van der Waals surface area contributed by atoms with Crippen LogP contribution in [-0.4, -0.2) is 48.9 Å². The quantitative estimate of drug-likeness (QED) is 0.651. The molecule has 0 saturated carbocycles. The molecule has 3 aromatic rings. The van der Waals surface area contributed by atoms with Gasteiger partial charge in [-0.15, -0.1) is 20.1 Å². The average molecular weight is 342 g/mol. The van der Waals surface area contributed by atoms with E-state index in [9.17, 15) is 9.59 Å². The Labute approximate surface area is 141 Å². The number of primary amides is 1. The third-order valence-corrected chi connectivity index (χ3v) is 3.22. The van der Waals surface area contributed by atoms with Crippen LogP contribution >= 0.6 is 0 Å². The first kappa shape index (κ1) is 16.1. The Bertz CT molecular complexity index is 928. The number of hydrogen-bond donors (Lipinski definition) is 2. The lowest BCUT2D eigenvalue weighted by molar-refractivity contribution is 0.0988. The molecule has 0 unspecified atom stereocenters. The van der Waals surface area contributed by atoms with Gasteiger partial charge in [-0.05, 0) is 29.5 Å². The second kappa shape index (κ2) is 6.39. The predicted octanol–water partition coefficient (Wildman–Crippen LogP) is -0.244. The van der Waals surface area contributed by atoms with Crippen molar-refractivity contribution in [2.45, 2.75) is 0 Å². The number of nitrogens with two attached hydrogens (primary N) is 1. The highest BCUT2D eigenvalue weighted by Gasteiger charge is 2.16. The monoisotopic (exact) mass is 342 g/mol. The molecule has 0 aliphatic heterocycles. The van der Waals surface area contributed by atoms with E-state index in [1.165, 1.54) is 11.8 Å². The summed E-state index contributed by atoms with van der Waals surface area (Å²) in [5.41, 5.74) is 6.50. The highest BCUT2D eigenvalue weighted by molar-refractivity contribution is 6.05. The van der Waals surface area contributed by atoms with Crippen molar-refractivity contribution < 1.29 is 14.3 Å². The highest BCUT2D eigenvalue weighted by atomic mass is 16.5. The summed E-state index contributed by atoms with van der Waals surface area (Å²) in [6, 6.07) is 6.62. The molecular weight excluding hydrogens is 328 g/mol. The zero-order valence-electron chi connectivity index (χ0n) is 13.4. The van der Waals surface area contributed by atoms with E-state index in [1.54, 1.807) is 37.5 Å². The average Bonchev–Trinajstić information content (AvgIpc) is 3.22. The number of amides is 2. The van der Waals surface area contributed by atoms with Crippen LogP contribution in [-0.2, 0) is 7.05 Å². The van der Waals surface area contributed by atoms with Gasteiger partial charge in [-0.3, -0.25) is 14.3 Å². The minimum Gasteiger partial charge on any atom is -0.479 e.